The first kappa shape index (κ1) is 20.5. The summed E-state index contributed by atoms with van der Waals surface area (Å²) in [5.74, 6) is -2.01. The Morgan fingerprint density at radius 2 is 1.68 bits per heavy atom. The zero-order valence-corrected chi connectivity index (χ0v) is 17.0. The summed E-state index contributed by atoms with van der Waals surface area (Å²) in [7, 11) is 0. The third kappa shape index (κ3) is 4.80. The highest BCUT2D eigenvalue weighted by Crippen LogP contribution is 2.22. The van der Waals surface area contributed by atoms with Crippen LogP contribution in [0.3, 0.4) is 0 Å². The van der Waals surface area contributed by atoms with Crippen molar-refractivity contribution < 1.29 is 23.1 Å². The van der Waals surface area contributed by atoms with Gasteiger partial charge in [-0.2, -0.15) is 0 Å². The number of benzene rings is 2. The Bertz CT molecular complexity index is 905. The third-order valence-corrected chi connectivity index (χ3v) is 5.05. The molecule has 2 aromatic carbocycles. The summed E-state index contributed by atoms with van der Waals surface area (Å²) in [6.07, 6.45) is 0. The standard InChI is InChI=1S/C19H16BrClF2N2O3/c20-12-1-4-17(16(23)9-12)28-11-18(26)24-5-7-25(8-6-24)19(27)14-10-13(21)2-3-15(14)22/h1-4,9-10H,5-8,11H2. The number of hydrogen-bond acceptors (Lipinski definition) is 3. The minimum atomic E-state index is -0.641. The van der Waals surface area contributed by atoms with E-state index in [-0.39, 0.29) is 55.0 Å². The van der Waals surface area contributed by atoms with Gasteiger partial charge in [0.15, 0.2) is 18.2 Å². The molecule has 0 radical (unpaired) electrons. The molecule has 0 N–H and O–H groups in total. The van der Waals surface area contributed by atoms with Crippen LogP contribution in [0.2, 0.25) is 5.02 Å². The number of carbonyl (C=O) groups excluding carboxylic acids is 2. The van der Waals surface area contributed by atoms with Crippen molar-refractivity contribution in [2.24, 2.45) is 0 Å². The van der Waals surface area contributed by atoms with Crippen molar-refractivity contribution in [3.8, 4) is 5.75 Å². The highest BCUT2D eigenvalue weighted by Gasteiger charge is 2.26. The number of nitrogens with zero attached hydrogens (tertiary/aromatic N) is 2. The zero-order chi connectivity index (χ0) is 20.3. The molecule has 1 aliphatic heterocycles. The van der Waals surface area contributed by atoms with Crippen LogP contribution >= 0.6 is 27.5 Å². The minimum absolute atomic E-state index is 0.0122. The molecule has 9 heteroatoms. The number of carbonyl (C=O) groups is 2. The second-order valence-electron chi connectivity index (χ2n) is 6.16. The molecular formula is C19H16BrClF2N2O3. The van der Waals surface area contributed by atoms with Crippen LogP contribution in [0.25, 0.3) is 0 Å². The maximum atomic E-state index is 13.9. The summed E-state index contributed by atoms with van der Waals surface area (Å²) >= 11 is 8.98. The number of hydrogen-bond donors (Lipinski definition) is 0. The first-order valence-electron chi connectivity index (χ1n) is 8.45. The molecule has 1 saturated heterocycles. The van der Waals surface area contributed by atoms with Crippen molar-refractivity contribution in [3.63, 3.8) is 0 Å². The number of piperazine rings is 1. The Morgan fingerprint density at radius 3 is 2.36 bits per heavy atom. The Kier molecular flexibility index (Phi) is 6.51. The molecule has 0 aliphatic carbocycles. The van der Waals surface area contributed by atoms with E-state index in [0.29, 0.717) is 4.47 Å². The van der Waals surface area contributed by atoms with Gasteiger partial charge in [-0.15, -0.1) is 0 Å². The van der Waals surface area contributed by atoms with E-state index in [1.54, 1.807) is 6.07 Å². The monoisotopic (exact) mass is 472 g/mol. The molecule has 5 nitrogen and oxygen atoms in total. The maximum Gasteiger partial charge on any atom is 0.260 e. The SMILES string of the molecule is O=C(COc1ccc(Br)cc1F)N1CCN(C(=O)c2cc(Cl)ccc2F)CC1. The van der Waals surface area contributed by atoms with Crippen LogP contribution in [0.5, 0.6) is 5.75 Å². The molecule has 0 spiro atoms. The van der Waals surface area contributed by atoms with E-state index in [0.717, 1.165) is 6.07 Å². The van der Waals surface area contributed by atoms with Crippen LogP contribution in [-0.4, -0.2) is 54.4 Å². The lowest BCUT2D eigenvalue weighted by molar-refractivity contribution is -0.134. The van der Waals surface area contributed by atoms with Gasteiger partial charge in [-0.1, -0.05) is 27.5 Å². The zero-order valence-electron chi connectivity index (χ0n) is 14.6. The van der Waals surface area contributed by atoms with Gasteiger partial charge in [0.2, 0.25) is 0 Å². The number of amides is 2. The highest BCUT2D eigenvalue weighted by atomic mass is 79.9. The minimum Gasteiger partial charge on any atom is -0.481 e. The van der Waals surface area contributed by atoms with Gasteiger partial charge in [-0.05, 0) is 36.4 Å². The van der Waals surface area contributed by atoms with Crippen molar-refractivity contribution >= 4 is 39.3 Å². The van der Waals surface area contributed by atoms with E-state index in [9.17, 15) is 18.4 Å². The van der Waals surface area contributed by atoms with Gasteiger partial charge < -0.3 is 14.5 Å². The molecule has 0 saturated carbocycles. The van der Waals surface area contributed by atoms with Crippen LogP contribution in [-0.2, 0) is 4.79 Å². The predicted octanol–water partition coefficient (Wildman–Crippen LogP) is 3.74. The molecule has 3 rings (SSSR count). The lowest BCUT2D eigenvalue weighted by Gasteiger charge is -2.34. The molecule has 1 aliphatic rings. The normalized spacial score (nSPS) is 14.1. The van der Waals surface area contributed by atoms with Crippen LogP contribution in [0.1, 0.15) is 10.4 Å². The van der Waals surface area contributed by atoms with E-state index < -0.39 is 17.5 Å². The molecule has 28 heavy (non-hydrogen) atoms. The van der Waals surface area contributed by atoms with Crippen LogP contribution in [0.4, 0.5) is 8.78 Å². The second-order valence-corrected chi connectivity index (χ2v) is 7.51. The predicted molar refractivity (Wildman–Crippen MR) is 103 cm³/mol. The molecule has 1 fully saturated rings. The van der Waals surface area contributed by atoms with Crippen molar-refractivity contribution in [2.75, 3.05) is 32.8 Å². The first-order valence-corrected chi connectivity index (χ1v) is 9.62. The average molecular weight is 474 g/mol. The fraction of sp³-hybridized carbons (Fsp3) is 0.263. The molecule has 0 bridgehead atoms. The molecule has 2 amide bonds. The van der Waals surface area contributed by atoms with Crippen LogP contribution in [0, 0.1) is 11.6 Å². The van der Waals surface area contributed by atoms with Crippen LogP contribution < -0.4 is 4.74 Å². The average Bonchev–Trinajstić information content (AvgIpc) is 2.68. The molecule has 2 aromatic rings. The van der Waals surface area contributed by atoms with Gasteiger partial charge >= 0.3 is 0 Å². The summed E-state index contributed by atoms with van der Waals surface area (Å²) in [5, 5.41) is 0.274. The summed E-state index contributed by atoms with van der Waals surface area (Å²) in [6.45, 7) is 0.750. The Labute approximate surface area is 173 Å². The van der Waals surface area contributed by atoms with Gasteiger partial charge in [0.1, 0.15) is 5.82 Å². The largest absolute Gasteiger partial charge is 0.481 e. The number of rotatable bonds is 4. The highest BCUT2D eigenvalue weighted by molar-refractivity contribution is 9.10. The number of halogens is 4. The fourth-order valence-electron chi connectivity index (χ4n) is 2.81. The van der Waals surface area contributed by atoms with Gasteiger partial charge in [-0.3, -0.25) is 9.59 Å². The van der Waals surface area contributed by atoms with E-state index in [1.165, 1.54) is 34.1 Å². The molecular weight excluding hydrogens is 458 g/mol. The lowest BCUT2D eigenvalue weighted by atomic mass is 10.1. The smallest absolute Gasteiger partial charge is 0.260 e. The van der Waals surface area contributed by atoms with Crippen molar-refractivity contribution in [1.29, 1.82) is 0 Å². The number of ether oxygens (including phenoxy) is 1. The van der Waals surface area contributed by atoms with Gasteiger partial charge in [0.05, 0.1) is 5.56 Å². The van der Waals surface area contributed by atoms with Gasteiger partial charge in [-0.25, -0.2) is 8.78 Å². The molecule has 0 atom stereocenters. The summed E-state index contributed by atoms with van der Waals surface area (Å²) in [5.41, 5.74) is -0.0960. The van der Waals surface area contributed by atoms with E-state index in [2.05, 4.69) is 15.9 Å². The summed E-state index contributed by atoms with van der Waals surface area (Å²) in [4.78, 5) is 27.8. The Hall–Kier alpha value is -2.19. The molecule has 1 heterocycles. The molecule has 0 unspecified atom stereocenters. The summed E-state index contributed by atoms with van der Waals surface area (Å²) < 4.78 is 33.4. The van der Waals surface area contributed by atoms with Gasteiger partial charge in [0.25, 0.3) is 11.8 Å². The van der Waals surface area contributed by atoms with Crippen molar-refractivity contribution in [2.45, 2.75) is 0 Å². The first-order chi connectivity index (χ1) is 13.3. The Balaban J connectivity index is 1.53. The molecule has 0 aromatic heterocycles. The second kappa shape index (κ2) is 8.87. The summed E-state index contributed by atoms with van der Waals surface area (Å²) in [6, 6.07) is 8.11. The maximum absolute atomic E-state index is 13.9. The van der Waals surface area contributed by atoms with Crippen molar-refractivity contribution in [1.82, 2.24) is 9.80 Å². The quantitative estimate of drug-likeness (QED) is 0.680. The third-order valence-electron chi connectivity index (χ3n) is 4.32. The van der Waals surface area contributed by atoms with E-state index >= 15 is 0 Å². The molecule has 148 valence electrons. The fourth-order valence-corrected chi connectivity index (χ4v) is 3.32. The van der Waals surface area contributed by atoms with E-state index in [4.69, 9.17) is 16.3 Å². The van der Waals surface area contributed by atoms with Crippen molar-refractivity contribution in [3.05, 3.63) is 63.1 Å². The van der Waals surface area contributed by atoms with Gasteiger partial charge in [0, 0.05) is 35.7 Å². The lowest BCUT2D eigenvalue weighted by Crippen LogP contribution is -2.51. The van der Waals surface area contributed by atoms with Crippen LogP contribution in [0.15, 0.2) is 40.9 Å². The Morgan fingerprint density at radius 1 is 1.00 bits per heavy atom. The van der Waals surface area contributed by atoms with E-state index in [1.807, 2.05) is 0 Å². The topological polar surface area (TPSA) is 49.9 Å².